The van der Waals surface area contributed by atoms with Gasteiger partial charge in [0.05, 0.1) is 0 Å². The van der Waals surface area contributed by atoms with E-state index in [1.807, 2.05) is 0 Å². The van der Waals surface area contributed by atoms with Gasteiger partial charge in [0.15, 0.2) is 0 Å². The van der Waals surface area contributed by atoms with Gasteiger partial charge >= 0.3 is 0 Å². The van der Waals surface area contributed by atoms with Gasteiger partial charge in [-0.2, -0.15) is 0 Å². The monoisotopic (exact) mass is 328 g/mol. The van der Waals surface area contributed by atoms with Crippen molar-refractivity contribution < 1.29 is 0 Å². The van der Waals surface area contributed by atoms with E-state index in [-0.39, 0.29) is 0 Å². The molecule has 0 fully saturated rings. The zero-order valence-electron chi connectivity index (χ0n) is 14.2. The van der Waals surface area contributed by atoms with Gasteiger partial charge in [-0.25, -0.2) is 0 Å². The summed E-state index contributed by atoms with van der Waals surface area (Å²) >= 11 is 0. The van der Waals surface area contributed by atoms with Crippen molar-refractivity contribution in [1.82, 2.24) is 0 Å². The Kier molecular flexibility index (Phi) is 2.70. The van der Waals surface area contributed by atoms with E-state index in [1.54, 1.807) is 0 Å². The first kappa shape index (κ1) is 13.9. The van der Waals surface area contributed by atoms with E-state index in [0.717, 1.165) is 0 Å². The van der Waals surface area contributed by atoms with Crippen LogP contribution >= 0.6 is 0 Å². The number of hydrogen-bond acceptors (Lipinski definition) is 0. The van der Waals surface area contributed by atoms with E-state index >= 15 is 0 Å². The molecule has 0 radical (unpaired) electrons. The van der Waals surface area contributed by atoms with Gasteiger partial charge in [0.25, 0.3) is 0 Å². The van der Waals surface area contributed by atoms with Crippen molar-refractivity contribution in [3.8, 4) is 11.1 Å². The molecular weight excluding hydrogens is 312 g/mol. The van der Waals surface area contributed by atoms with Crippen molar-refractivity contribution in [1.29, 1.82) is 0 Å². The third kappa shape index (κ3) is 1.96. The van der Waals surface area contributed by atoms with E-state index in [9.17, 15) is 0 Å². The highest BCUT2D eigenvalue weighted by atomic mass is 14.1. The third-order valence-corrected chi connectivity index (χ3v) is 5.52. The lowest BCUT2D eigenvalue weighted by Crippen LogP contribution is -1.80. The van der Waals surface area contributed by atoms with Crippen molar-refractivity contribution in [2.24, 2.45) is 0 Å². The average Bonchev–Trinajstić information content (AvgIpc) is 3.06. The van der Waals surface area contributed by atoms with E-state index < -0.39 is 0 Å². The molecule has 120 valence electrons. The van der Waals surface area contributed by atoms with Crippen molar-refractivity contribution in [3.05, 3.63) is 97.1 Å². The van der Waals surface area contributed by atoms with Crippen molar-refractivity contribution in [3.63, 3.8) is 0 Å². The molecule has 0 N–H and O–H groups in total. The van der Waals surface area contributed by atoms with E-state index in [4.69, 9.17) is 0 Å². The predicted octanol–water partition coefficient (Wildman–Crippen LogP) is 7.40. The number of fused-ring (bicyclic) bond motifs is 6. The topological polar surface area (TPSA) is 0 Å². The largest absolute Gasteiger partial charge is 0.0616 e. The Morgan fingerprint density at radius 1 is 0.346 bits per heavy atom. The summed E-state index contributed by atoms with van der Waals surface area (Å²) in [6, 6.07) is 35.6. The van der Waals surface area contributed by atoms with Gasteiger partial charge in [-0.05, 0) is 90.6 Å². The molecule has 4 aromatic carbocycles. The van der Waals surface area contributed by atoms with Gasteiger partial charge in [0.1, 0.15) is 0 Å². The first-order valence-corrected chi connectivity index (χ1v) is 9.03. The van der Waals surface area contributed by atoms with Crippen LogP contribution in [0.3, 0.4) is 0 Å². The van der Waals surface area contributed by atoms with Crippen LogP contribution in [-0.2, 0) is 0 Å². The minimum absolute atomic E-state index is 1.29. The number of benzene rings is 4. The highest BCUT2D eigenvalue weighted by molar-refractivity contribution is 6.10. The van der Waals surface area contributed by atoms with Crippen LogP contribution in [0, 0.1) is 0 Å². The molecule has 2 aliphatic carbocycles. The number of rotatable bonds is 0. The summed E-state index contributed by atoms with van der Waals surface area (Å²) in [4.78, 5) is 0. The zero-order valence-corrected chi connectivity index (χ0v) is 14.2. The summed E-state index contributed by atoms with van der Waals surface area (Å²) in [6.45, 7) is 0. The smallest absolute Gasteiger partial charge is 0.00990 e. The van der Waals surface area contributed by atoms with Gasteiger partial charge in [-0.15, -0.1) is 0 Å². The highest BCUT2D eigenvalue weighted by Gasteiger charge is 2.08. The Morgan fingerprint density at radius 2 is 0.846 bits per heavy atom. The minimum atomic E-state index is 1.29. The van der Waals surface area contributed by atoms with Gasteiger partial charge in [-0.3, -0.25) is 0 Å². The second kappa shape index (κ2) is 5.06. The maximum Gasteiger partial charge on any atom is -0.00990 e. The molecule has 0 unspecified atom stereocenters. The first-order chi connectivity index (χ1) is 12.8. The first-order valence-electron chi connectivity index (χ1n) is 9.03. The Balaban J connectivity index is 1.75. The van der Waals surface area contributed by atoms with Crippen molar-refractivity contribution in [2.75, 3.05) is 0 Å². The Hall–Kier alpha value is -3.38. The molecular formula is C26H16. The molecule has 0 nitrogen and oxygen atoms in total. The molecule has 0 aromatic heterocycles. The van der Waals surface area contributed by atoms with E-state index in [0.29, 0.717) is 0 Å². The second-order valence-electron chi connectivity index (χ2n) is 7.11. The Labute approximate surface area is 151 Å². The molecule has 0 saturated carbocycles. The van der Waals surface area contributed by atoms with Crippen LogP contribution < -0.4 is 0 Å². The predicted molar refractivity (Wildman–Crippen MR) is 113 cm³/mol. The molecule has 4 aromatic rings. The molecule has 0 saturated heterocycles. The Bertz CT molecular complexity index is 1420. The van der Waals surface area contributed by atoms with Crippen molar-refractivity contribution in [2.45, 2.75) is 0 Å². The lowest BCUT2D eigenvalue weighted by Gasteiger charge is -2.07. The lowest BCUT2D eigenvalue weighted by atomic mass is 9.97. The molecule has 2 aliphatic rings. The molecule has 0 heterocycles. The van der Waals surface area contributed by atoms with Gasteiger partial charge in [-0.1, -0.05) is 60.7 Å². The molecule has 26 heavy (non-hydrogen) atoms. The second-order valence-corrected chi connectivity index (χ2v) is 7.11. The van der Waals surface area contributed by atoms with Crippen LogP contribution in [-0.4, -0.2) is 0 Å². The van der Waals surface area contributed by atoms with E-state index in [2.05, 4.69) is 97.1 Å². The van der Waals surface area contributed by atoms with Gasteiger partial charge < -0.3 is 0 Å². The van der Waals surface area contributed by atoms with Crippen LogP contribution in [0.25, 0.3) is 54.2 Å². The summed E-state index contributed by atoms with van der Waals surface area (Å²) in [6.07, 6.45) is 0. The van der Waals surface area contributed by atoms with Crippen LogP contribution in [0.4, 0.5) is 0 Å². The third-order valence-electron chi connectivity index (χ3n) is 5.52. The lowest BCUT2D eigenvalue weighted by molar-refractivity contribution is 1.79. The van der Waals surface area contributed by atoms with Crippen LogP contribution in [0.5, 0.6) is 0 Å². The number of hydrogen-bond donors (Lipinski definition) is 0. The summed E-state index contributed by atoms with van der Waals surface area (Å²) in [5, 5.41) is 10.4. The van der Waals surface area contributed by atoms with E-state index in [1.165, 1.54) is 54.2 Å². The quantitative estimate of drug-likeness (QED) is 0.255. The average molecular weight is 328 g/mol. The molecule has 0 aliphatic heterocycles. The molecule has 0 bridgehead atoms. The SMILES string of the molecule is c1cc2cccc3cc4cc5cc6ccccc6cc5cc4cc3c-2c1. The maximum absolute atomic E-state index is 2.35. The van der Waals surface area contributed by atoms with Crippen LogP contribution in [0.1, 0.15) is 0 Å². The normalized spacial score (nSPS) is 11.8. The molecule has 6 rings (SSSR count). The van der Waals surface area contributed by atoms with Crippen molar-refractivity contribution >= 4 is 43.1 Å². The highest BCUT2D eigenvalue weighted by Crippen LogP contribution is 2.35. The molecule has 0 heteroatoms. The summed E-state index contributed by atoms with van der Waals surface area (Å²) in [7, 11) is 0. The fourth-order valence-electron chi connectivity index (χ4n) is 4.21. The summed E-state index contributed by atoms with van der Waals surface area (Å²) in [5.74, 6) is 0. The maximum atomic E-state index is 2.35. The molecule has 0 amide bonds. The molecule has 0 atom stereocenters. The summed E-state index contributed by atoms with van der Waals surface area (Å²) in [5.41, 5.74) is 2.62. The standard InChI is InChI=1S/C26H16/c1-2-6-19-12-22-15-24-16-26-20(9-3-7-17-8-4-10-25(17)26)13-23(24)14-21(22)11-18(19)5-1/h1-16H. The minimum Gasteiger partial charge on any atom is -0.0616 e. The van der Waals surface area contributed by atoms with Crippen LogP contribution in [0.15, 0.2) is 97.1 Å². The molecule has 0 spiro atoms. The fraction of sp³-hybridized carbons (Fsp3) is 0. The zero-order chi connectivity index (χ0) is 17.1. The van der Waals surface area contributed by atoms with Gasteiger partial charge in [0, 0.05) is 0 Å². The van der Waals surface area contributed by atoms with Crippen LogP contribution in [0.2, 0.25) is 0 Å². The fourth-order valence-corrected chi connectivity index (χ4v) is 4.21. The Morgan fingerprint density at radius 3 is 1.54 bits per heavy atom. The summed E-state index contributed by atoms with van der Waals surface area (Å²) < 4.78 is 0. The van der Waals surface area contributed by atoms with Gasteiger partial charge in [0.2, 0.25) is 0 Å².